The maximum Gasteiger partial charge on any atom is 0.0634 e. The zero-order valence-corrected chi connectivity index (χ0v) is 13.9. The van der Waals surface area contributed by atoms with E-state index in [2.05, 4.69) is 35.1 Å². The van der Waals surface area contributed by atoms with Gasteiger partial charge in [0.05, 0.1) is 5.02 Å². The summed E-state index contributed by atoms with van der Waals surface area (Å²) in [6.07, 6.45) is 8.84. The molecule has 1 saturated carbocycles. The van der Waals surface area contributed by atoms with Crippen LogP contribution in [0, 0.1) is 5.92 Å². The second-order valence-corrected chi connectivity index (χ2v) is 7.25. The first-order valence-electron chi connectivity index (χ1n) is 8.20. The molecular formula is C17H26ClN3. The zero-order chi connectivity index (χ0) is 14.9. The Hall–Kier alpha value is -0.640. The van der Waals surface area contributed by atoms with Crippen molar-refractivity contribution in [3.05, 3.63) is 29.0 Å². The molecule has 21 heavy (non-hydrogen) atoms. The topological polar surface area (TPSA) is 28.2 Å². The highest BCUT2D eigenvalue weighted by Crippen LogP contribution is 2.44. The fraction of sp³-hybridized carbons (Fsp3) is 0.706. The van der Waals surface area contributed by atoms with Crippen molar-refractivity contribution >= 4 is 11.6 Å². The number of aromatic nitrogens is 1. The maximum absolute atomic E-state index is 6.32. The van der Waals surface area contributed by atoms with Gasteiger partial charge < -0.3 is 5.32 Å². The third kappa shape index (κ3) is 3.25. The Morgan fingerprint density at radius 3 is 2.95 bits per heavy atom. The van der Waals surface area contributed by atoms with Crippen LogP contribution in [-0.2, 0) is 6.54 Å². The van der Waals surface area contributed by atoms with Gasteiger partial charge >= 0.3 is 0 Å². The highest BCUT2D eigenvalue weighted by atomic mass is 35.5. The van der Waals surface area contributed by atoms with E-state index in [0.717, 1.165) is 30.6 Å². The number of halogens is 1. The van der Waals surface area contributed by atoms with Gasteiger partial charge in [0.1, 0.15) is 0 Å². The van der Waals surface area contributed by atoms with E-state index in [-0.39, 0.29) is 5.54 Å². The van der Waals surface area contributed by atoms with Crippen LogP contribution in [0.25, 0.3) is 0 Å². The van der Waals surface area contributed by atoms with Crippen molar-refractivity contribution in [1.82, 2.24) is 15.2 Å². The Morgan fingerprint density at radius 1 is 1.48 bits per heavy atom. The summed E-state index contributed by atoms with van der Waals surface area (Å²) in [6.45, 7) is 7.86. The predicted molar refractivity (Wildman–Crippen MR) is 87.5 cm³/mol. The summed E-state index contributed by atoms with van der Waals surface area (Å²) >= 11 is 6.32. The highest BCUT2D eigenvalue weighted by Gasteiger charge is 2.48. The van der Waals surface area contributed by atoms with E-state index in [0.29, 0.717) is 6.04 Å². The number of nitrogens with zero attached hydrogens (tertiary/aromatic N) is 2. The summed E-state index contributed by atoms with van der Waals surface area (Å²) in [5, 5.41) is 4.57. The molecule has 1 saturated heterocycles. The van der Waals surface area contributed by atoms with Gasteiger partial charge in [-0.15, -0.1) is 0 Å². The third-order valence-corrected chi connectivity index (χ3v) is 5.56. The largest absolute Gasteiger partial charge is 0.311 e. The normalized spacial score (nSPS) is 30.5. The van der Waals surface area contributed by atoms with Gasteiger partial charge in [0.2, 0.25) is 0 Å². The third-order valence-electron chi connectivity index (χ3n) is 5.22. The van der Waals surface area contributed by atoms with Gasteiger partial charge in [0.15, 0.2) is 0 Å². The number of pyridine rings is 1. The van der Waals surface area contributed by atoms with Crippen molar-refractivity contribution in [1.29, 1.82) is 0 Å². The van der Waals surface area contributed by atoms with Gasteiger partial charge in [-0.3, -0.25) is 9.88 Å². The lowest BCUT2D eigenvalue weighted by Crippen LogP contribution is -2.63. The van der Waals surface area contributed by atoms with Gasteiger partial charge in [-0.2, -0.15) is 0 Å². The van der Waals surface area contributed by atoms with Crippen LogP contribution in [0.1, 0.15) is 45.1 Å². The lowest BCUT2D eigenvalue weighted by atomic mass is 9.88. The molecule has 4 heteroatoms. The van der Waals surface area contributed by atoms with Crippen molar-refractivity contribution in [3.8, 4) is 0 Å². The molecule has 1 aliphatic heterocycles. The molecule has 2 fully saturated rings. The van der Waals surface area contributed by atoms with E-state index in [1.807, 2.05) is 6.20 Å². The summed E-state index contributed by atoms with van der Waals surface area (Å²) in [6, 6.07) is 2.68. The molecule has 1 aromatic heterocycles. The Bertz CT molecular complexity index is 489. The Kier molecular flexibility index (Phi) is 4.53. The number of nitrogens with one attached hydrogen (secondary N) is 1. The Morgan fingerprint density at radius 2 is 2.29 bits per heavy atom. The second-order valence-electron chi connectivity index (χ2n) is 6.85. The summed E-state index contributed by atoms with van der Waals surface area (Å²) in [5.41, 5.74) is 1.48. The molecule has 0 spiro atoms. The molecule has 0 amide bonds. The second kappa shape index (κ2) is 6.23. The molecule has 3 rings (SSSR count). The van der Waals surface area contributed by atoms with Gasteiger partial charge in [-0.1, -0.05) is 24.9 Å². The van der Waals surface area contributed by atoms with Crippen LogP contribution in [0.2, 0.25) is 5.02 Å². The van der Waals surface area contributed by atoms with Crippen LogP contribution in [0.4, 0.5) is 0 Å². The molecule has 1 N–H and O–H groups in total. The van der Waals surface area contributed by atoms with Crippen LogP contribution < -0.4 is 5.32 Å². The smallest absolute Gasteiger partial charge is 0.0634 e. The van der Waals surface area contributed by atoms with E-state index < -0.39 is 0 Å². The van der Waals surface area contributed by atoms with Crippen LogP contribution in [-0.4, -0.2) is 34.6 Å². The minimum Gasteiger partial charge on any atom is -0.311 e. The average Bonchev–Trinajstić information content (AvgIpc) is 3.30. The average molecular weight is 308 g/mol. The standard InChI is InChI=1S/C17H26ClN3/c1-3-4-15-11-21(10-13-7-8-19-9-16(13)18)17(2,12-20-15)14-5-6-14/h7-9,14-15,20H,3-6,10-12H2,1-2H3. The molecular weight excluding hydrogens is 282 g/mol. The number of piperazine rings is 1. The predicted octanol–water partition coefficient (Wildman–Crippen LogP) is 3.48. The van der Waals surface area contributed by atoms with E-state index in [4.69, 9.17) is 11.6 Å². The highest BCUT2D eigenvalue weighted by molar-refractivity contribution is 6.31. The van der Waals surface area contributed by atoms with Gasteiger partial charge in [-0.05, 0) is 43.7 Å². The molecule has 0 radical (unpaired) electrons. The van der Waals surface area contributed by atoms with Crippen molar-refractivity contribution < 1.29 is 0 Å². The molecule has 2 atom stereocenters. The quantitative estimate of drug-likeness (QED) is 0.902. The lowest BCUT2D eigenvalue weighted by molar-refractivity contribution is 0.0260. The molecule has 0 aromatic carbocycles. The SMILES string of the molecule is CCCC1CN(Cc2ccncc2Cl)C(C)(C2CC2)CN1. The molecule has 1 aliphatic carbocycles. The van der Waals surface area contributed by atoms with E-state index in [1.54, 1.807) is 6.20 Å². The van der Waals surface area contributed by atoms with Gasteiger partial charge in [-0.25, -0.2) is 0 Å². The van der Waals surface area contributed by atoms with E-state index in [1.165, 1.54) is 31.2 Å². The van der Waals surface area contributed by atoms with Gasteiger partial charge in [0.25, 0.3) is 0 Å². The molecule has 3 nitrogen and oxygen atoms in total. The first-order chi connectivity index (χ1) is 10.1. The Balaban J connectivity index is 1.78. The Labute approximate surface area is 133 Å². The zero-order valence-electron chi connectivity index (χ0n) is 13.1. The molecule has 116 valence electrons. The van der Waals surface area contributed by atoms with Crippen LogP contribution in [0.3, 0.4) is 0 Å². The molecule has 2 heterocycles. The minimum atomic E-state index is 0.275. The van der Waals surface area contributed by atoms with Crippen LogP contribution in [0.5, 0.6) is 0 Å². The number of hydrogen-bond acceptors (Lipinski definition) is 3. The fourth-order valence-electron chi connectivity index (χ4n) is 3.63. The first-order valence-corrected chi connectivity index (χ1v) is 8.58. The van der Waals surface area contributed by atoms with Crippen molar-refractivity contribution in [2.75, 3.05) is 13.1 Å². The monoisotopic (exact) mass is 307 g/mol. The van der Waals surface area contributed by atoms with E-state index in [9.17, 15) is 0 Å². The number of hydrogen-bond donors (Lipinski definition) is 1. The molecule has 0 bridgehead atoms. The van der Waals surface area contributed by atoms with Crippen molar-refractivity contribution in [2.45, 2.75) is 57.7 Å². The molecule has 2 unspecified atom stereocenters. The van der Waals surface area contributed by atoms with Crippen molar-refractivity contribution in [3.63, 3.8) is 0 Å². The first kappa shape index (κ1) is 15.3. The maximum atomic E-state index is 6.32. The van der Waals surface area contributed by atoms with Crippen LogP contribution in [0.15, 0.2) is 18.5 Å². The summed E-state index contributed by atoms with van der Waals surface area (Å²) in [7, 11) is 0. The summed E-state index contributed by atoms with van der Waals surface area (Å²) in [5.74, 6) is 0.841. The van der Waals surface area contributed by atoms with E-state index >= 15 is 0 Å². The van der Waals surface area contributed by atoms with Crippen LogP contribution >= 0.6 is 11.6 Å². The molecule has 2 aliphatic rings. The minimum absolute atomic E-state index is 0.275. The molecule has 1 aromatic rings. The summed E-state index contributed by atoms with van der Waals surface area (Å²) in [4.78, 5) is 6.77. The fourth-order valence-corrected chi connectivity index (χ4v) is 3.81. The van der Waals surface area contributed by atoms with Crippen molar-refractivity contribution in [2.24, 2.45) is 5.92 Å². The van der Waals surface area contributed by atoms with Gasteiger partial charge in [0, 0.05) is 43.6 Å². The summed E-state index contributed by atoms with van der Waals surface area (Å²) < 4.78 is 0. The lowest BCUT2D eigenvalue weighted by Gasteiger charge is -2.49. The number of rotatable bonds is 5.